The summed E-state index contributed by atoms with van der Waals surface area (Å²) in [5, 5.41) is 11.0. The van der Waals surface area contributed by atoms with Gasteiger partial charge in [-0.1, -0.05) is 13.8 Å². The van der Waals surface area contributed by atoms with Crippen LogP contribution in [0.25, 0.3) is 0 Å². The highest BCUT2D eigenvalue weighted by molar-refractivity contribution is 5.13. The highest BCUT2D eigenvalue weighted by Crippen LogP contribution is 2.69. The van der Waals surface area contributed by atoms with Crippen molar-refractivity contribution in [1.29, 1.82) is 0 Å². The maximum atomic E-state index is 11.0. The fourth-order valence-electron chi connectivity index (χ4n) is 8.20. The molecule has 5 fully saturated rings. The van der Waals surface area contributed by atoms with Crippen molar-refractivity contribution in [2.75, 3.05) is 13.2 Å². The van der Waals surface area contributed by atoms with Crippen LogP contribution in [0.5, 0.6) is 0 Å². The van der Waals surface area contributed by atoms with E-state index < -0.39 is 5.60 Å². The summed E-state index contributed by atoms with van der Waals surface area (Å²) in [6, 6.07) is 0. The van der Waals surface area contributed by atoms with Crippen molar-refractivity contribution in [3.63, 3.8) is 0 Å². The Morgan fingerprint density at radius 1 is 0.800 bits per heavy atom. The van der Waals surface area contributed by atoms with Gasteiger partial charge in [-0.05, 0) is 86.4 Å². The van der Waals surface area contributed by atoms with Crippen molar-refractivity contribution < 1.29 is 14.6 Å². The van der Waals surface area contributed by atoms with Gasteiger partial charge in [0.1, 0.15) is 0 Å². The third-order valence-corrected chi connectivity index (χ3v) is 10.0. The molecule has 1 spiro atoms. The first-order valence-electron chi connectivity index (χ1n) is 10.8. The Balaban J connectivity index is 1.41. The molecule has 7 atom stereocenters. The Labute approximate surface area is 152 Å². The maximum Gasteiger partial charge on any atom is 0.168 e. The van der Waals surface area contributed by atoms with Crippen LogP contribution in [0.3, 0.4) is 0 Å². The first-order valence-corrected chi connectivity index (χ1v) is 10.8. The molecular weight excluding hydrogens is 312 g/mol. The minimum absolute atomic E-state index is 0.144. The Bertz CT molecular complexity index is 551. The van der Waals surface area contributed by atoms with Gasteiger partial charge in [-0.2, -0.15) is 0 Å². The molecule has 0 aromatic carbocycles. The highest BCUT2D eigenvalue weighted by Gasteiger charge is 2.64. The average Bonchev–Trinajstić information content (AvgIpc) is 3.11. The molecule has 4 saturated carbocycles. The summed E-state index contributed by atoms with van der Waals surface area (Å²) < 4.78 is 12.1. The van der Waals surface area contributed by atoms with Gasteiger partial charge in [0.05, 0.1) is 18.8 Å². The van der Waals surface area contributed by atoms with Crippen LogP contribution < -0.4 is 0 Å². The Kier molecular flexibility index (Phi) is 3.56. The summed E-state index contributed by atoms with van der Waals surface area (Å²) in [6.07, 6.45) is 10.9. The number of aliphatic hydroxyl groups is 1. The van der Waals surface area contributed by atoms with Crippen LogP contribution in [0.4, 0.5) is 0 Å². The van der Waals surface area contributed by atoms with E-state index in [1.165, 1.54) is 38.5 Å². The molecule has 1 aliphatic heterocycles. The van der Waals surface area contributed by atoms with E-state index in [-0.39, 0.29) is 11.2 Å². The molecule has 0 bridgehead atoms. The maximum absolute atomic E-state index is 11.0. The number of rotatable bonds is 0. The summed E-state index contributed by atoms with van der Waals surface area (Å²) in [5.74, 6) is 2.92. The second-order valence-electron chi connectivity index (χ2n) is 10.7. The van der Waals surface area contributed by atoms with E-state index in [0.717, 1.165) is 56.1 Å². The lowest BCUT2D eigenvalue weighted by Crippen LogP contribution is -2.57. The lowest BCUT2D eigenvalue weighted by molar-refractivity contribution is -0.232. The molecule has 1 N–H and O–H groups in total. The van der Waals surface area contributed by atoms with Gasteiger partial charge in [-0.15, -0.1) is 0 Å². The number of hydrogen-bond acceptors (Lipinski definition) is 3. The Morgan fingerprint density at radius 2 is 1.52 bits per heavy atom. The standard InChI is InChI=1S/C22H36O3/c1-19-10-11-22(24-12-13-25-22)14-15(19)4-5-16-17(19)6-8-20(2)18(16)7-9-21(20,3)23/h15-18,23H,4-14H2,1-3H3. The molecule has 1 saturated heterocycles. The summed E-state index contributed by atoms with van der Waals surface area (Å²) in [4.78, 5) is 0. The molecule has 3 heteroatoms. The summed E-state index contributed by atoms with van der Waals surface area (Å²) in [6.45, 7) is 8.66. The van der Waals surface area contributed by atoms with E-state index in [2.05, 4.69) is 20.8 Å². The third kappa shape index (κ3) is 2.15. The van der Waals surface area contributed by atoms with Crippen molar-refractivity contribution in [3.8, 4) is 0 Å². The van der Waals surface area contributed by atoms with E-state index in [4.69, 9.17) is 9.47 Å². The molecule has 0 aromatic rings. The predicted molar refractivity (Wildman–Crippen MR) is 97.0 cm³/mol. The van der Waals surface area contributed by atoms with Gasteiger partial charge in [0.15, 0.2) is 5.79 Å². The van der Waals surface area contributed by atoms with E-state index in [0.29, 0.717) is 5.41 Å². The van der Waals surface area contributed by atoms with Gasteiger partial charge in [-0.3, -0.25) is 0 Å². The van der Waals surface area contributed by atoms with Crippen LogP contribution in [0.15, 0.2) is 0 Å². The van der Waals surface area contributed by atoms with Crippen molar-refractivity contribution in [2.24, 2.45) is 34.5 Å². The Hall–Kier alpha value is -0.120. The summed E-state index contributed by atoms with van der Waals surface area (Å²) in [5.41, 5.74) is 0.146. The molecule has 5 aliphatic rings. The normalized spacial score (nSPS) is 57.1. The number of fused-ring (bicyclic) bond motifs is 5. The molecule has 1 heterocycles. The van der Waals surface area contributed by atoms with Gasteiger partial charge in [0.2, 0.25) is 0 Å². The smallest absolute Gasteiger partial charge is 0.168 e. The van der Waals surface area contributed by atoms with Crippen LogP contribution in [-0.2, 0) is 9.47 Å². The van der Waals surface area contributed by atoms with E-state index in [1.807, 2.05) is 0 Å². The molecule has 5 rings (SSSR count). The van der Waals surface area contributed by atoms with Crippen molar-refractivity contribution in [1.82, 2.24) is 0 Å². The monoisotopic (exact) mass is 348 g/mol. The molecule has 4 aliphatic carbocycles. The SMILES string of the molecule is CC12CCC3(CC1CCC1C2CCC2(C)C1CCC2(C)O)OCCO3. The molecule has 0 radical (unpaired) electrons. The first kappa shape index (κ1) is 17.0. The lowest BCUT2D eigenvalue weighted by Gasteiger charge is -2.62. The summed E-state index contributed by atoms with van der Waals surface area (Å²) in [7, 11) is 0. The van der Waals surface area contributed by atoms with E-state index in [9.17, 15) is 5.11 Å². The lowest BCUT2D eigenvalue weighted by atomic mass is 9.44. The zero-order valence-electron chi connectivity index (χ0n) is 16.4. The van der Waals surface area contributed by atoms with Gasteiger partial charge in [0.25, 0.3) is 0 Å². The van der Waals surface area contributed by atoms with E-state index in [1.54, 1.807) is 0 Å². The fraction of sp³-hybridized carbons (Fsp3) is 1.00. The van der Waals surface area contributed by atoms with Crippen molar-refractivity contribution in [2.45, 2.75) is 89.9 Å². The topological polar surface area (TPSA) is 38.7 Å². The van der Waals surface area contributed by atoms with Crippen LogP contribution in [0.2, 0.25) is 0 Å². The second-order valence-corrected chi connectivity index (χ2v) is 10.7. The molecule has 0 amide bonds. The van der Waals surface area contributed by atoms with Crippen LogP contribution in [-0.4, -0.2) is 29.7 Å². The fourth-order valence-corrected chi connectivity index (χ4v) is 8.20. The van der Waals surface area contributed by atoms with Crippen molar-refractivity contribution in [3.05, 3.63) is 0 Å². The second kappa shape index (κ2) is 5.23. The van der Waals surface area contributed by atoms with Gasteiger partial charge < -0.3 is 14.6 Å². The summed E-state index contributed by atoms with van der Waals surface area (Å²) >= 11 is 0. The third-order valence-electron chi connectivity index (χ3n) is 10.0. The van der Waals surface area contributed by atoms with Crippen LogP contribution in [0, 0.1) is 34.5 Å². The number of hydrogen-bond donors (Lipinski definition) is 1. The minimum Gasteiger partial charge on any atom is -0.390 e. The first-order chi connectivity index (χ1) is 11.8. The van der Waals surface area contributed by atoms with E-state index >= 15 is 0 Å². The quantitative estimate of drug-likeness (QED) is 0.699. The average molecular weight is 349 g/mol. The zero-order valence-corrected chi connectivity index (χ0v) is 16.4. The Morgan fingerprint density at radius 3 is 2.28 bits per heavy atom. The molecule has 3 nitrogen and oxygen atoms in total. The predicted octanol–water partition coefficient (Wildman–Crippen LogP) is 4.52. The van der Waals surface area contributed by atoms with Gasteiger partial charge in [-0.25, -0.2) is 0 Å². The van der Waals surface area contributed by atoms with Gasteiger partial charge >= 0.3 is 0 Å². The van der Waals surface area contributed by atoms with Crippen LogP contribution >= 0.6 is 0 Å². The largest absolute Gasteiger partial charge is 0.390 e. The highest BCUT2D eigenvalue weighted by atomic mass is 16.7. The molecular formula is C22H36O3. The van der Waals surface area contributed by atoms with Crippen LogP contribution in [0.1, 0.15) is 78.6 Å². The molecule has 25 heavy (non-hydrogen) atoms. The van der Waals surface area contributed by atoms with Gasteiger partial charge in [0, 0.05) is 12.8 Å². The zero-order chi connectivity index (χ0) is 17.5. The molecule has 7 unspecified atom stereocenters. The minimum atomic E-state index is -0.456. The van der Waals surface area contributed by atoms with Crippen molar-refractivity contribution >= 4 is 0 Å². The number of ether oxygens (including phenoxy) is 2. The molecule has 142 valence electrons. The molecule has 0 aromatic heterocycles.